The van der Waals surface area contributed by atoms with Crippen LogP contribution in [0.4, 0.5) is 41.9 Å². The summed E-state index contributed by atoms with van der Waals surface area (Å²) in [5, 5.41) is 24.3. The van der Waals surface area contributed by atoms with E-state index in [9.17, 15) is 38.4 Å². The standard InChI is InChI=1S/C100H160N8O16/c1-13-21-29-33-37-41-45-49-57-121-89-73-61-75-67-82(102-98(114)106-86(54-26-18-6)94(110)118-10)69-77(90(75)122-58-50-46-42-38-34-30-22-14-2)63-79-71-84(104-100(116)108-88(56-28-20-8)96(112)120-12)72-80(92(79)124-60-52-48-44-40-36-32-24-16-4)64-78-70-83(103-99(115)107-87(55-27-19-7)95(111)119-11)68-76(91(78)123-59-51-47-43-39-35-31-23-15-3)62-74(89)66-81(65-73)101-97(113)105-85(53-25-17-5)93(109)117-9/h65-72,85-88H,13-64H2,1-12H3,(H2,101,105,113)(H2,102,106,114)(H2,103,107,115)(H2,104,108,116)/t85-,86-,87-,88-/m0/s1. The topological polar surface area (TPSA) is 307 Å². The molecule has 0 aliphatic heterocycles. The van der Waals surface area contributed by atoms with E-state index in [4.69, 9.17) is 37.9 Å². The summed E-state index contributed by atoms with van der Waals surface area (Å²) in [6, 6.07) is 8.63. The Morgan fingerprint density at radius 1 is 0.234 bits per heavy atom. The van der Waals surface area contributed by atoms with E-state index in [-0.39, 0.29) is 25.7 Å². The maximum absolute atomic E-state index is 14.9. The molecule has 24 nitrogen and oxygen atoms in total. The number of methoxy groups -OCH3 is 4. The molecular formula is C100H160N8O16. The molecule has 0 fully saturated rings. The van der Waals surface area contributed by atoms with Crippen molar-refractivity contribution in [1.29, 1.82) is 0 Å². The molecule has 8 bridgehead atoms. The van der Waals surface area contributed by atoms with Crippen molar-refractivity contribution >= 4 is 70.8 Å². The number of carbonyl (C=O) groups is 8. The summed E-state index contributed by atoms with van der Waals surface area (Å²) >= 11 is 0. The highest BCUT2D eigenvalue weighted by molar-refractivity contribution is 5.96. The zero-order valence-electron chi connectivity index (χ0n) is 78.2. The number of esters is 4. The number of rotatable bonds is 64. The van der Waals surface area contributed by atoms with E-state index in [1.54, 1.807) is 0 Å². The number of benzene rings is 4. The van der Waals surface area contributed by atoms with Crippen molar-refractivity contribution in [2.75, 3.05) is 76.1 Å². The van der Waals surface area contributed by atoms with E-state index in [1.165, 1.54) is 79.8 Å². The number of fused-ring (bicyclic) bond motifs is 8. The quantitative estimate of drug-likeness (QED) is 0.0102. The average molecular weight is 1730 g/mol. The number of hydrogen-bond acceptors (Lipinski definition) is 16. The fourth-order valence-corrected chi connectivity index (χ4v) is 16.1. The molecule has 1 aliphatic rings. The van der Waals surface area contributed by atoms with Crippen LogP contribution in [0.15, 0.2) is 48.5 Å². The van der Waals surface area contributed by atoms with Crippen molar-refractivity contribution in [3.63, 3.8) is 0 Å². The molecule has 0 aromatic heterocycles. The number of ether oxygens (including phenoxy) is 8. The summed E-state index contributed by atoms with van der Waals surface area (Å²) in [6.45, 7) is 18.2. The van der Waals surface area contributed by atoms with Crippen molar-refractivity contribution in [2.45, 2.75) is 388 Å². The van der Waals surface area contributed by atoms with E-state index in [0.29, 0.717) is 168 Å². The molecule has 0 saturated heterocycles. The van der Waals surface area contributed by atoms with Crippen LogP contribution in [-0.4, -0.2) is 127 Å². The van der Waals surface area contributed by atoms with Gasteiger partial charge in [0.1, 0.15) is 47.2 Å². The van der Waals surface area contributed by atoms with Gasteiger partial charge in [-0.15, -0.1) is 0 Å². The van der Waals surface area contributed by atoms with Crippen LogP contribution in [-0.2, 0) is 63.8 Å². The number of amides is 8. The van der Waals surface area contributed by atoms with E-state index in [1.807, 2.05) is 76.2 Å². The number of hydrogen-bond donors (Lipinski definition) is 8. The summed E-state index contributed by atoms with van der Waals surface area (Å²) in [6.07, 6.45) is 40.9. The molecule has 24 heteroatoms. The Hall–Kier alpha value is -8.96. The minimum Gasteiger partial charge on any atom is -0.493 e. The van der Waals surface area contributed by atoms with Gasteiger partial charge in [-0.05, 0) is 99.9 Å². The Labute approximate surface area is 744 Å². The Morgan fingerprint density at radius 3 is 0.540 bits per heavy atom. The second-order valence-corrected chi connectivity index (χ2v) is 33.8. The third kappa shape index (κ3) is 40.6. The van der Waals surface area contributed by atoms with Crippen molar-refractivity contribution in [2.24, 2.45) is 0 Å². The molecular weight excluding hydrogens is 1570 g/mol. The van der Waals surface area contributed by atoms with Gasteiger partial charge in [-0.25, -0.2) is 38.4 Å². The van der Waals surface area contributed by atoms with E-state index < -0.39 is 72.2 Å². The van der Waals surface area contributed by atoms with Crippen LogP contribution >= 0.6 is 0 Å². The highest BCUT2D eigenvalue weighted by Crippen LogP contribution is 2.44. The Bertz CT molecular complexity index is 3210. The normalized spacial score (nSPS) is 12.6. The molecule has 8 N–H and O–H groups in total. The third-order valence-electron chi connectivity index (χ3n) is 23.1. The maximum atomic E-state index is 14.9. The first-order valence-corrected chi connectivity index (χ1v) is 48.1. The lowest BCUT2D eigenvalue weighted by molar-refractivity contribution is -0.143. The monoisotopic (exact) mass is 1730 g/mol. The summed E-state index contributed by atoms with van der Waals surface area (Å²) in [5.41, 5.74) is 6.42. The van der Waals surface area contributed by atoms with E-state index in [0.717, 1.165) is 180 Å². The van der Waals surface area contributed by atoms with Crippen LogP contribution < -0.4 is 61.5 Å². The largest absolute Gasteiger partial charge is 0.493 e. The molecule has 4 atom stereocenters. The fraction of sp³-hybridized carbons (Fsp3) is 0.680. The zero-order chi connectivity index (χ0) is 89.9. The number of carbonyl (C=O) groups excluding carboxylic acids is 8. The summed E-state index contributed by atoms with van der Waals surface area (Å²) in [4.78, 5) is 113. The minimum atomic E-state index is -0.965. The van der Waals surface area contributed by atoms with Gasteiger partial charge in [0.2, 0.25) is 0 Å². The number of unbranched alkanes of at least 4 members (excludes halogenated alkanes) is 32. The lowest BCUT2D eigenvalue weighted by atomic mass is 9.90. The first-order chi connectivity index (χ1) is 60.3. The lowest BCUT2D eigenvalue weighted by Crippen LogP contribution is -2.43. The van der Waals surface area contributed by atoms with Crippen LogP contribution in [0.5, 0.6) is 23.0 Å². The molecule has 4 aromatic carbocycles. The molecule has 124 heavy (non-hydrogen) atoms. The van der Waals surface area contributed by atoms with Crippen LogP contribution in [0, 0.1) is 0 Å². The molecule has 0 saturated carbocycles. The molecule has 0 spiro atoms. The summed E-state index contributed by atoms with van der Waals surface area (Å²) in [5.74, 6) is -0.268. The Balaban J connectivity index is 2.07. The van der Waals surface area contributed by atoms with Crippen LogP contribution in [0.2, 0.25) is 0 Å². The lowest BCUT2D eigenvalue weighted by Gasteiger charge is -2.25. The highest BCUT2D eigenvalue weighted by Gasteiger charge is 2.31. The van der Waals surface area contributed by atoms with E-state index >= 15 is 0 Å². The Kier molecular flexibility index (Phi) is 54.4. The van der Waals surface area contributed by atoms with Gasteiger partial charge in [-0.3, -0.25) is 0 Å². The second kappa shape index (κ2) is 63.9. The first-order valence-electron chi connectivity index (χ1n) is 48.1. The third-order valence-corrected chi connectivity index (χ3v) is 23.1. The molecule has 0 radical (unpaired) electrons. The van der Waals surface area contributed by atoms with Gasteiger partial charge >= 0.3 is 48.0 Å². The molecule has 5 rings (SSSR count). The Morgan fingerprint density at radius 2 is 0.387 bits per heavy atom. The molecule has 0 heterocycles. The molecule has 8 amide bonds. The van der Waals surface area contributed by atoms with Crippen LogP contribution in [0.1, 0.15) is 382 Å². The molecule has 696 valence electrons. The van der Waals surface area contributed by atoms with E-state index in [2.05, 4.69) is 70.2 Å². The van der Waals surface area contributed by atoms with Gasteiger partial charge in [0.15, 0.2) is 0 Å². The fourth-order valence-electron chi connectivity index (χ4n) is 16.1. The molecule has 0 unspecified atom stereocenters. The van der Waals surface area contributed by atoms with Crippen molar-refractivity contribution < 1.29 is 76.3 Å². The van der Waals surface area contributed by atoms with Gasteiger partial charge in [0, 0.05) is 92.9 Å². The van der Waals surface area contributed by atoms with Crippen molar-refractivity contribution in [3.05, 3.63) is 93.0 Å². The van der Waals surface area contributed by atoms with Gasteiger partial charge in [-0.2, -0.15) is 0 Å². The van der Waals surface area contributed by atoms with Crippen molar-refractivity contribution in [3.8, 4) is 23.0 Å². The average Bonchev–Trinajstić information content (AvgIpc) is 0.769. The van der Waals surface area contributed by atoms with Crippen LogP contribution in [0.25, 0.3) is 0 Å². The SMILES string of the molecule is CCCCCCCCCCOc1c2cc(NC(=O)N[C@@H](CCCC)C(=O)OC)cc1Cc1cc(NC(=O)N[C@@H](CCCC)C(=O)OC)cc(c1OCCCCCCCCCC)Cc1cc(NC(=O)N[C@@H](CCCC)C(=O)OC)cc(c1OCCCCCCCCCC)Cc1cc(NC(=O)N[C@@H](CCCC)C(=O)OC)cc(c1OCCCCCCCCCC)C2. The smallest absolute Gasteiger partial charge is 0.328 e. The van der Waals surface area contributed by atoms with Gasteiger partial charge < -0.3 is 80.4 Å². The number of nitrogens with one attached hydrogen (secondary N) is 8. The molecule has 4 aromatic rings. The van der Waals surface area contributed by atoms with Gasteiger partial charge in [0.25, 0.3) is 0 Å². The number of anilines is 4. The minimum absolute atomic E-state index is 0.0682. The first kappa shape index (κ1) is 106. The summed E-state index contributed by atoms with van der Waals surface area (Å²) < 4.78 is 50.5. The maximum Gasteiger partial charge on any atom is 0.328 e. The zero-order valence-corrected chi connectivity index (χ0v) is 78.2. The molecule has 1 aliphatic carbocycles. The predicted molar refractivity (Wildman–Crippen MR) is 499 cm³/mol. The second-order valence-electron chi connectivity index (χ2n) is 33.8. The summed E-state index contributed by atoms with van der Waals surface area (Å²) in [7, 11) is 5.21. The van der Waals surface area contributed by atoms with Gasteiger partial charge in [-0.1, -0.05) is 287 Å². The number of urea groups is 4. The predicted octanol–water partition coefficient (Wildman–Crippen LogP) is 23.9. The highest BCUT2D eigenvalue weighted by atomic mass is 16.5. The van der Waals surface area contributed by atoms with Gasteiger partial charge in [0.05, 0.1) is 54.9 Å². The van der Waals surface area contributed by atoms with Crippen molar-refractivity contribution in [1.82, 2.24) is 21.3 Å². The van der Waals surface area contributed by atoms with Crippen LogP contribution in [0.3, 0.4) is 0 Å².